The first-order valence-electron chi connectivity index (χ1n) is 7.93. The zero-order valence-corrected chi connectivity index (χ0v) is 13.8. The molecule has 5 nitrogen and oxygen atoms in total. The molecule has 0 aliphatic rings. The van der Waals surface area contributed by atoms with Gasteiger partial charge in [-0.1, -0.05) is 19.9 Å². The minimum absolute atomic E-state index is 0.157. The highest BCUT2D eigenvalue weighted by molar-refractivity contribution is 5.66. The fraction of sp³-hybridized carbons (Fsp3) is 0.588. The third-order valence-corrected chi connectivity index (χ3v) is 3.26. The molecule has 0 spiro atoms. The van der Waals surface area contributed by atoms with E-state index < -0.39 is 5.97 Å². The number of hydrogen-bond acceptors (Lipinski definition) is 4. The average Bonchev–Trinajstić information content (AvgIpc) is 2.50. The fourth-order valence-electron chi connectivity index (χ4n) is 2.11. The smallest absolute Gasteiger partial charge is 0.304 e. The Kier molecular flexibility index (Phi) is 8.36. The van der Waals surface area contributed by atoms with E-state index in [-0.39, 0.29) is 6.42 Å². The normalized spacial score (nSPS) is 10.7. The monoisotopic (exact) mass is 309 g/mol. The first kappa shape index (κ1) is 18.3. The zero-order chi connectivity index (χ0) is 16.4. The molecule has 0 aliphatic heterocycles. The summed E-state index contributed by atoms with van der Waals surface area (Å²) in [6.45, 7) is 9.36. The lowest BCUT2D eigenvalue weighted by atomic mass is 10.2. The maximum Gasteiger partial charge on any atom is 0.304 e. The van der Waals surface area contributed by atoms with Gasteiger partial charge in [0.25, 0.3) is 0 Å². The number of carboxylic acids is 1. The van der Waals surface area contributed by atoms with Crippen molar-refractivity contribution in [1.29, 1.82) is 0 Å². The van der Waals surface area contributed by atoms with Crippen LogP contribution in [0.2, 0.25) is 0 Å². The minimum atomic E-state index is -0.767. The molecule has 0 amide bonds. The van der Waals surface area contributed by atoms with Gasteiger partial charge in [0.15, 0.2) is 11.5 Å². The van der Waals surface area contributed by atoms with Crippen molar-refractivity contribution in [3.05, 3.63) is 23.8 Å². The second-order valence-corrected chi connectivity index (χ2v) is 5.08. The maximum absolute atomic E-state index is 10.7. The van der Waals surface area contributed by atoms with Crippen LogP contribution < -0.4 is 9.47 Å². The van der Waals surface area contributed by atoms with Crippen LogP contribution in [0.5, 0.6) is 11.5 Å². The summed E-state index contributed by atoms with van der Waals surface area (Å²) in [5.41, 5.74) is 1.10. The van der Waals surface area contributed by atoms with E-state index in [0.29, 0.717) is 26.3 Å². The van der Waals surface area contributed by atoms with E-state index in [2.05, 4.69) is 11.8 Å². The molecule has 0 aliphatic carbocycles. The van der Waals surface area contributed by atoms with Gasteiger partial charge in [-0.2, -0.15) is 0 Å². The molecule has 1 rings (SSSR count). The molecule has 0 fully saturated rings. The first-order chi connectivity index (χ1) is 10.6. The summed E-state index contributed by atoms with van der Waals surface area (Å²) in [4.78, 5) is 12.8. The molecule has 124 valence electrons. The Morgan fingerprint density at radius 1 is 1.18 bits per heavy atom. The van der Waals surface area contributed by atoms with E-state index in [1.165, 1.54) is 0 Å². The molecule has 0 saturated heterocycles. The summed E-state index contributed by atoms with van der Waals surface area (Å²) in [6.07, 6.45) is 1.11. The van der Waals surface area contributed by atoms with Crippen LogP contribution in [0.1, 0.15) is 39.2 Å². The van der Waals surface area contributed by atoms with Crippen LogP contribution in [0.15, 0.2) is 18.2 Å². The summed E-state index contributed by atoms with van der Waals surface area (Å²) < 4.78 is 11.3. The van der Waals surface area contributed by atoms with Crippen molar-refractivity contribution < 1.29 is 19.4 Å². The predicted octanol–water partition coefficient (Wildman–Crippen LogP) is 3.17. The van der Waals surface area contributed by atoms with Gasteiger partial charge in [-0.3, -0.25) is 9.69 Å². The molecule has 0 aromatic heterocycles. The Morgan fingerprint density at radius 2 is 1.95 bits per heavy atom. The van der Waals surface area contributed by atoms with Crippen molar-refractivity contribution in [1.82, 2.24) is 4.90 Å². The molecule has 0 bridgehead atoms. The summed E-state index contributed by atoms with van der Waals surface area (Å²) in [5, 5.41) is 8.79. The van der Waals surface area contributed by atoms with Crippen molar-refractivity contribution >= 4 is 5.97 Å². The summed E-state index contributed by atoms with van der Waals surface area (Å²) >= 11 is 0. The number of nitrogens with zero attached hydrogens (tertiary/aromatic N) is 1. The molecule has 0 saturated carbocycles. The second kappa shape index (κ2) is 10.1. The molecule has 1 N–H and O–H groups in total. The largest absolute Gasteiger partial charge is 0.490 e. The second-order valence-electron chi connectivity index (χ2n) is 5.08. The highest BCUT2D eigenvalue weighted by Gasteiger charge is 2.10. The van der Waals surface area contributed by atoms with E-state index in [1.807, 2.05) is 32.0 Å². The lowest BCUT2D eigenvalue weighted by molar-refractivity contribution is -0.137. The van der Waals surface area contributed by atoms with Crippen LogP contribution in [0, 0.1) is 0 Å². The Labute approximate surface area is 132 Å². The molecule has 0 unspecified atom stereocenters. The lowest BCUT2D eigenvalue weighted by Crippen LogP contribution is -2.25. The van der Waals surface area contributed by atoms with E-state index in [0.717, 1.165) is 30.0 Å². The van der Waals surface area contributed by atoms with Gasteiger partial charge in [0, 0.05) is 13.1 Å². The van der Waals surface area contributed by atoms with Gasteiger partial charge in [-0.05, 0) is 37.6 Å². The highest BCUT2D eigenvalue weighted by atomic mass is 16.5. The van der Waals surface area contributed by atoms with Gasteiger partial charge in [0.1, 0.15) is 0 Å². The number of rotatable bonds is 11. The molecule has 0 radical (unpaired) electrons. The maximum atomic E-state index is 10.7. The van der Waals surface area contributed by atoms with Gasteiger partial charge in [-0.25, -0.2) is 0 Å². The number of hydrogen-bond donors (Lipinski definition) is 1. The van der Waals surface area contributed by atoms with Gasteiger partial charge in [0.2, 0.25) is 0 Å². The molecular formula is C17H27NO4. The predicted molar refractivity (Wildman–Crippen MR) is 86.6 cm³/mol. The molecule has 1 aromatic rings. The third kappa shape index (κ3) is 6.35. The Balaban J connectivity index is 2.76. The number of ether oxygens (including phenoxy) is 2. The zero-order valence-electron chi connectivity index (χ0n) is 13.8. The van der Waals surface area contributed by atoms with Crippen LogP contribution in [-0.4, -0.2) is 42.3 Å². The van der Waals surface area contributed by atoms with Crippen molar-refractivity contribution in [3.8, 4) is 11.5 Å². The molecule has 1 aromatic carbocycles. The third-order valence-electron chi connectivity index (χ3n) is 3.26. The van der Waals surface area contributed by atoms with Gasteiger partial charge >= 0.3 is 5.97 Å². The number of carbonyl (C=O) groups is 1. The van der Waals surface area contributed by atoms with Gasteiger partial charge in [0.05, 0.1) is 19.6 Å². The minimum Gasteiger partial charge on any atom is -0.490 e. The summed E-state index contributed by atoms with van der Waals surface area (Å²) in [7, 11) is 0. The SMILES string of the molecule is CCCOc1ccc(CN(CC)CCC(=O)O)cc1OCC. The van der Waals surface area contributed by atoms with E-state index in [9.17, 15) is 4.79 Å². The van der Waals surface area contributed by atoms with Crippen molar-refractivity contribution in [2.45, 2.75) is 40.2 Å². The Morgan fingerprint density at radius 3 is 2.55 bits per heavy atom. The van der Waals surface area contributed by atoms with Gasteiger partial charge < -0.3 is 14.6 Å². The molecule has 0 heterocycles. The summed E-state index contributed by atoms with van der Waals surface area (Å²) in [6, 6.07) is 5.93. The van der Waals surface area contributed by atoms with Crippen molar-refractivity contribution in [2.24, 2.45) is 0 Å². The van der Waals surface area contributed by atoms with Crippen molar-refractivity contribution in [3.63, 3.8) is 0 Å². The average molecular weight is 309 g/mol. The lowest BCUT2D eigenvalue weighted by Gasteiger charge is -2.20. The summed E-state index contributed by atoms with van der Waals surface area (Å²) in [5.74, 6) is 0.751. The van der Waals surface area contributed by atoms with Crippen molar-refractivity contribution in [2.75, 3.05) is 26.3 Å². The topological polar surface area (TPSA) is 59.0 Å². The Hall–Kier alpha value is -1.75. The van der Waals surface area contributed by atoms with Crippen LogP contribution in [0.4, 0.5) is 0 Å². The van der Waals surface area contributed by atoms with Crippen LogP contribution in [0.3, 0.4) is 0 Å². The molecular weight excluding hydrogens is 282 g/mol. The van der Waals surface area contributed by atoms with Crippen LogP contribution >= 0.6 is 0 Å². The standard InChI is InChI=1S/C17H27NO4/c1-4-11-22-15-8-7-14(12-16(15)21-6-3)13-18(5-2)10-9-17(19)20/h7-8,12H,4-6,9-11,13H2,1-3H3,(H,19,20). The van der Waals surface area contributed by atoms with E-state index in [4.69, 9.17) is 14.6 Å². The van der Waals surface area contributed by atoms with Crippen LogP contribution in [-0.2, 0) is 11.3 Å². The molecule has 0 atom stereocenters. The fourth-order valence-corrected chi connectivity index (χ4v) is 2.11. The quantitative estimate of drug-likeness (QED) is 0.680. The number of carboxylic acid groups (broad SMARTS) is 1. The van der Waals surface area contributed by atoms with Gasteiger partial charge in [-0.15, -0.1) is 0 Å². The molecule has 5 heteroatoms. The molecule has 22 heavy (non-hydrogen) atoms. The first-order valence-corrected chi connectivity index (χ1v) is 7.93. The Bertz CT molecular complexity index is 462. The number of aliphatic carboxylic acids is 1. The van der Waals surface area contributed by atoms with E-state index >= 15 is 0 Å². The van der Waals surface area contributed by atoms with Crippen LogP contribution in [0.25, 0.3) is 0 Å². The highest BCUT2D eigenvalue weighted by Crippen LogP contribution is 2.29. The van der Waals surface area contributed by atoms with E-state index in [1.54, 1.807) is 0 Å². The number of benzene rings is 1.